The summed E-state index contributed by atoms with van der Waals surface area (Å²) in [6, 6.07) is 14.0. The molecule has 0 atom stereocenters. The first-order chi connectivity index (χ1) is 8.36. The van der Waals surface area contributed by atoms with Crippen molar-refractivity contribution < 1.29 is 9.30 Å². The van der Waals surface area contributed by atoms with E-state index in [0.717, 1.165) is 17.0 Å². The van der Waals surface area contributed by atoms with Crippen molar-refractivity contribution in [1.82, 2.24) is 4.40 Å². The normalized spacial score (nSPS) is 10.6. The lowest BCUT2D eigenvalue weighted by Crippen LogP contribution is -2.27. The minimum absolute atomic E-state index is 0.859. The molecule has 0 saturated carbocycles. The molecule has 0 bridgehead atoms. The maximum atomic E-state index is 5.14. The highest BCUT2D eigenvalue weighted by molar-refractivity contribution is 5.42. The van der Waals surface area contributed by atoms with Crippen molar-refractivity contribution in [3.05, 3.63) is 61.2 Å². The summed E-state index contributed by atoms with van der Waals surface area (Å²) in [4.78, 5) is 0. The fourth-order valence-corrected chi connectivity index (χ4v) is 1.80. The molecule has 0 aliphatic carbocycles. The Morgan fingerprint density at radius 2 is 1.94 bits per heavy atom. The first-order valence-electron chi connectivity index (χ1n) is 5.42. The molecule has 2 aromatic heterocycles. The summed E-state index contributed by atoms with van der Waals surface area (Å²) < 4.78 is 9.07. The van der Waals surface area contributed by atoms with Crippen LogP contribution >= 0.6 is 0 Å². The van der Waals surface area contributed by atoms with Crippen LogP contribution in [-0.4, -0.2) is 11.5 Å². The Bertz CT molecular complexity index is 608. The van der Waals surface area contributed by atoms with E-state index >= 15 is 0 Å². The molecular formula is C14H12N2O. The van der Waals surface area contributed by atoms with Gasteiger partial charge in [0.2, 0.25) is 0 Å². The molecule has 0 amide bonds. The molecule has 3 nitrogen and oxygen atoms in total. The highest BCUT2D eigenvalue weighted by Crippen LogP contribution is 2.11. The maximum Gasteiger partial charge on any atom is 0.268 e. The Morgan fingerprint density at radius 1 is 1.12 bits per heavy atom. The summed E-state index contributed by atoms with van der Waals surface area (Å²) in [5.41, 5.74) is 2.18. The van der Waals surface area contributed by atoms with Gasteiger partial charge in [-0.1, -0.05) is 18.2 Å². The quantitative estimate of drug-likeness (QED) is 0.481. The van der Waals surface area contributed by atoms with Crippen molar-refractivity contribution in [1.29, 1.82) is 0 Å². The van der Waals surface area contributed by atoms with Gasteiger partial charge in [0, 0.05) is 12.4 Å². The van der Waals surface area contributed by atoms with Gasteiger partial charge >= 0.3 is 0 Å². The molecule has 1 aromatic carbocycles. The molecule has 0 unspecified atom stereocenters. The number of fused-ring (bicyclic) bond motifs is 1. The lowest BCUT2D eigenvalue weighted by atomic mass is 10.3. The standard InChI is InChI=1S/C14H12N2O/c1-17-14-7-5-12(6-8-14)16-10-13-4-2-3-9-15(13)11-16/h2-10H,1H3. The SMILES string of the molecule is COc1ccc(-[n+]2[c-]n3ccccc3c2)cc1. The second-order valence-corrected chi connectivity index (χ2v) is 3.79. The molecule has 84 valence electrons. The van der Waals surface area contributed by atoms with Crippen LogP contribution in [0.3, 0.4) is 0 Å². The molecule has 0 aliphatic heterocycles. The maximum absolute atomic E-state index is 5.14. The van der Waals surface area contributed by atoms with E-state index in [-0.39, 0.29) is 0 Å². The van der Waals surface area contributed by atoms with Gasteiger partial charge in [0.15, 0.2) is 0 Å². The first-order valence-corrected chi connectivity index (χ1v) is 5.42. The van der Waals surface area contributed by atoms with Gasteiger partial charge in [0.1, 0.15) is 5.75 Å². The number of ether oxygens (including phenoxy) is 1. The van der Waals surface area contributed by atoms with Crippen molar-refractivity contribution in [2.75, 3.05) is 7.11 Å². The van der Waals surface area contributed by atoms with Gasteiger partial charge in [-0.2, -0.15) is 0 Å². The van der Waals surface area contributed by atoms with Crippen LogP contribution in [0, 0.1) is 6.33 Å². The van der Waals surface area contributed by atoms with E-state index in [1.54, 1.807) is 7.11 Å². The molecule has 3 heteroatoms. The molecule has 3 rings (SSSR count). The average molecular weight is 224 g/mol. The van der Waals surface area contributed by atoms with Crippen LogP contribution < -0.4 is 9.30 Å². The number of benzene rings is 1. The fraction of sp³-hybridized carbons (Fsp3) is 0.0714. The monoisotopic (exact) mass is 224 g/mol. The third kappa shape index (κ3) is 1.76. The first kappa shape index (κ1) is 9.90. The van der Waals surface area contributed by atoms with Crippen LogP contribution in [0.5, 0.6) is 5.75 Å². The molecule has 0 saturated heterocycles. The van der Waals surface area contributed by atoms with E-state index in [1.807, 2.05) is 57.8 Å². The molecule has 2 heterocycles. The van der Waals surface area contributed by atoms with Crippen LogP contribution in [-0.2, 0) is 0 Å². The Morgan fingerprint density at radius 3 is 2.65 bits per heavy atom. The lowest BCUT2D eigenvalue weighted by Gasteiger charge is -2.02. The summed E-state index contributed by atoms with van der Waals surface area (Å²) >= 11 is 0. The van der Waals surface area contributed by atoms with Crippen LogP contribution in [0.2, 0.25) is 0 Å². The van der Waals surface area contributed by atoms with Gasteiger partial charge in [-0.25, -0.2) is 0 Å². The second-order valence-electron chi connectivity index (χ2n) is 3.79. The number of hydrogen-bond donors (Lipinski definition) is 0. The molecule has 0 spiro atoms. The van der Waals surface area contributed by atoms with E-state index in [0.29, 0.717) is 0 Å². The average Bonchev–Trinajstić information content (AvgIpc) is 2.82. The van der Waals surface area contributed by atoms with Gasteiger partial charge < -0.3 is 4.74 Å². The summed E-state index contributed by atoms with van der Waals surface area (Å²) in [5, 5.41) is 0. The van der Waals surface area contributed by atoms with Crippen LogP contribution in [0.25, 0.3) is 11.2 Å². The third-order valence-corrected chi connectivity index (χ3v) is 2.72. The van der Waals surface area contributed by atoms with Crippen molar-refractivity contribution in [2.45, 2.75) is 0 Å². The lowest BCUT2D eigenvalue weighted by molar-refractivity contribution is -0.598. The predicted octanol–water partition coefficient (Wildman–Crippen LogP) is 2.02. The van der Waals surface area contributed by atoms with Crippen LogP contribution in [0.4, 0.5) is 0 Å². The summed E-state index contributed by atoms with van der Waals surface area (Å²) in [6.45, 7) is 0. The zero-order valence-electron chi connectivity index (χ0n) is 9.50. The highest BCUT2D eigenvalue weighted by Gasteiger charge is 2.01. The largest absolute Gasteiger partial charge is 0.497 e. The Balaban J connectivity index is 2.07. The number of hydrogen-bond acceptors (Lipinski definition) is 1. The number of aromatic nitrogens is 2. The fourth-order valence-electron chi connectivity index (χ4n) is 1.80. The second kappa shape index (κ2) is 3.94. The third-order valence-electron chi connectivity index (χ3n) is 2.72. The van der Waals surface area contributed by atoms with E-state index in [9.17, 15) is 0 Å². The number of imidazole rings is 1. The zero-order chi connectivity index (χ0) is 11.7. The molecular weight excluding hydrogens is 212 g/mol. The predicted molar refractivity (Wildman–Crippen MR) is 64.3 cm³/mol. The molecule has 17 heavy (non-hydrogen) atoms. The minimum atomic E-state index is 0.859. The summed E-state index contributed by atoms with van der Waals surface area (Å²) in [7, 11) is 1.67. The van der Waals surface area contributed by atoms with Gasteiger partial charge in [-0.15, -0.1) is 0 Å². The van der Waals surface area contributed by atoms with E-state index in [2.05, 4.69) is 12.4 Å². The molecule has 0 fully saturated rings. The van der Waals surface area contributed by atoms with E-state index in [4.69, 9.17) is 4.74 Å². The van der Waals surface area contributed by atoms with Gasteiger partial charge in [0.05, 0.1) is 18.3 Å². The van der Waals surface area contributed by atoms with Crippen LogP contribution in [0.15, 0.2) is 54.9 Å². The van der Waals surface area contributed by atoms with E-state index in [1.165, 1.54) is 0 Å². The minimum Gasteiger partial charge on any atom is -0.497 e. The van der Waals surface area contributed by atoms with Crippen molar-refractivity contribution in [3.8, 4) is 11.4 Å². The number of nitrogens with zero attached hydrogens (tertiary/aromatic N) is 2. The summed E-state index contributed by atoms with van der Waals surface area (Å²) in [5.74, 6) is 0.859. The smallest absolute Gasteiger partial charge is 0.268 e. The number of pyridine rings is 1. The Labute approximate surface area is 99.5 Å². The summed E-state index contributed by atoms with van der Waals surface area (Å²) in [6.07, 6.45) is 7.27. The number of rotatable bonds is 2. The molecule has 0 radical (unpaired) electrons. The van der Waals surface area contributed by atoms with Gasteiger partial charge in [-0.3, -0.25) is 8.97 Å². The number of methoxy groups -OCH3 is 1. The van der Waals surface area contributed by atoms with Crippen molar-refractivity contribution in [2.24, 2.45) is 0 Å². The van der Waals surface area contributed by atoms with Crippen molar-refractivity contribution >= 4 is 5.52 Å². The molecule has 3 aromatic rings. The van der Waals surface area contributed by atoms with Gasteiger partial charge in [-0.05, 0) is 24.3 Å². The van der Waals surface area contributed by atoms with Crippen LogP contribution in [0.1, 0.15) is 0 Å². The topological polar surface area (TPSA) is 17.5 Å². The van der Waals surface area contributed by atoms with Gasteiger partial charge in [0.25, 0.3) is 6.33 Å². The Hall–Kier alpha value is -2.29. The zero-order valence-corrected chi connectivity index (χ0v) is 9.50. The molecule has 0 aliphatic rings. The Kier molecular flexibility index (Phi) is 2.29. The van der Waals surface area contributed by atoms with Crippen molar-refractivity contribution in [3.63, 3.8) is 0 Å². The molecule has 0 N–H and O–H groups in total. The highest BCUT2D eigenvalue weighted by atomic mass is 16.5. The van der Waals surface area contributed by atoms with E-state index < -0.39 is 0 Å².